The van der Waals surface area contributed by atoms with Crippen LogP contribution in [-0.2, 0) is 11.2 Å². The van der Waals surface area contributed by atoms with E-state index in [1.54, 1.807) is 17.7 Å². The van der Waals surface area contributed by atoms with Gasteiger partial charge in [-0.05, 0) is 23.6 Å². The molecule has 2 aromatic heterocycles. The summed E-state index contributed by atoms with van der Waals surface area (Å²) in [6.45, 7) is 2.08. The van der Waals surface area contributed by atoms with Crippen LogP contribution in [0.1, 0.15) is 12.5 Å². The number of carbonyl (C=O) groups excluding carboxylic acids is 1. The van der Waals surface area contributed by atoms with E-state index in [0.29, 0.717) is 5.75 Å². The largest absolute Gasteiger partial charge is 0.325 e. The van der Waals surface area contributed by atoms with Crippen molar-refractivity contribution in [1.82, 2.24) is 9.97 Å². The van der Waals surface area contributed by atoms with Gasteiger partial charge in [-0.1, -0.05) is 67.2 Å². The standard InChI is InChI=1S/C22H19N3OS2/c1-2-15-8-6-7-11-18(15)25-19(26)13-28-22-20-17(16-9-4-3-5-10-16)12-27-21(20)23-14-24-22/h3-12,14H,2,13H2,1H3,(H,25,26). The molecule has 0 fully saturated rings. The van der Waals surface area contributed by atoms with E-state index in [2.05, 4.69) is 39.7 Å². The van der Waals surface area contributed by atoms with Crippen molar-refractivity contribution in [2.45, 2.75) is 18.4 Å². The highest BCUT2D eigenvalue weighted by atomic mass is 32.2. The molecule has 0 aliphatic rings. The van der Waals surface area contributed by atoms with Crippen LogP contribution in [-0.4, -0.2) is 21.6 Å². The molecule has 0 spiro atoms. The molecule has 0 saturated heterocycles. The number of rotatable bonds is 6. The number of benzene rings is 2. The summed E-state index contributed by atoms with van der Waals surface area (Å²) in [4.78, 5) is 22.3. The lowest BCUT2D eigenvalue weighted by Crippen LogP contribution is -2.15. The molecular formula is C22H19N3OS2. The zero-order valence-corrected chi connectivity index (χ0v) is 17.0. The molecule has 0 atom stereocenters. The van der Waals surface area contributed by atoms with Gasteiger partial charge in [-0.3, -0.25) is 4.79 Å². The van der Waals surface area contributed by atoms with Crippen molar-refractivity contribution in [3.63, 3.8) is 0 Å². The highest BCUT2D eigenvalue weighted by Gasteiger charge is 2.15. The molecule has 2 heterocycles. The van der Waals surface area contributed by atoms with Crippen molar-refractivity contribution in [3.8, 4) is 11.1 Å². The van der Waals surface area contributed by atoms with Crippen molar-refractivity contribution < 1.29 is 4.79 Å². The van der Waals surface area contributed by atoms with E-state index < -0.39 is 0 Å². The van der Waals surface area contributed by atoms with Gasteiger partial charge in [0, 0.05) is 16.6 Å². The number of para-hydroxylation sites is 1. The number of nitrogens with zero attached hydrogens (tertiary/aromatic N) is 2. The SMILES string of the molecule is CCc1ccccc1NC(=O)CSc1ncnc2scc(-c3ccccc3)c12. The van der Waals surface area contributed by atoms with E-state index in [1.165, 1.54) is 11.8 Å². The van der Waals surface area contributed by atoms with Crippen LogP contribution in [0.15, 0.2) is 71.3 Å². The molecule has 0 aliphatic heterocycles. The quantitative estimate of drug-likeness (QED) is 0.333. The summed E-state index contributed by atoms with van der Waals surface area (Å²) in [5.74, 6) is 0.267. The van der Waals surface area contributed by atoms with Crippen molar-refractivity contribution in [2.24, 2.45) is 0 Å². The van der Waals surface area contributed by atoms with E-state index in [9.17, 15) is 4.79 Å². The lowest BCUT2D eigenvalue weighted by molar-refractivity contribution is -0.113. The summed E-state index contributed by atoms with van der Waals surface area (Å²) in [5, 5.41) is 6.98. The van der Waals surface area contributed by atoms with Gasteiger partial charge in [-0.2, -0.15) is 0 Å². The second kappa shape index (κ2) is 8.54. The number of anilines is 1. The van der Waals surface area contributed by atoms with Crippen molar-refractivity contribution in [2.75, 3.05) is 11.1 Å². The van der Waals surface area contributed by atoms with Gasteiger partial charge in [0.25, 0.3) is 0 Å². The molecule has 4 nitrogen and oxygen atoms in total. The van der Waals surface area contributed by atoms with Gasteiger partial charge < -0.3 is 5.32 Å². The molecule has 1 amide bonds. The van der Waals surface area contributed by atoms with Crippen LogP contribution in [0.5, 0.6) is 0 Å². The maximum Gasteiger partial charge on any atom is 0.234 e. The number of hydrogen-bond donors (Lipinski definition) is 1. The molecule has 4 aromatic rings. The molecule has 1 N–H and O–H groups in total. The molecule has 0 saturated carbocycles. The van der Waals surface area contributed by atoms with E-state index in [1.807, 2.05) is 42.5 Å². The first-order valence-corrected chi connectivity index (χ1v) is 10.9. The number of aromatic nitrogens is 2. The van der Waals surface area contributed by atoms with E-state index in [-0.39, 0.29) is 5.91 Å². The van der Waals surface area contributed by atoms with Crippen LogP contribution in [0, 0.1) is 0 Å². The Kier molecular flexibility index (Phi) is 5.69. The summed E-state index contributed by atoms with van der Waals surface area (Å²) < 4.78 is 0. The van der Waals surface area contributed by atoms with Crippen molar-refractivity contribution in [3.05, 3.63) is 71.9 Å². The molecule has 0 radical (unpaired) electrons. The minimum atomic E-state index is -0.0332. The fraction of sp³-hybridized carbons (Fsp3) is 0.136. The summed E-state index contributed by atoms with van der Waals surface area (Å²) in [6.07, 6.45) is 2.45. The van der Waals surface area contributed by atoms with Crippen LogP contribution < -0.4 is 5.32 Å². The average Bonchev–Trinajstić information content (AvgIpc) is 3.18. The fourth-order valence-corrected chi connectivity index (χ4v) is 4.85. The van der Waals surface area contributed by atoms with Crippen LogP contribution in [0.2, 0.25) is 0 Å². The molecule has 0 bridgehead atoms. The first kappa shape index (κ1) is 18.7. The lowest BCUT2D eigenvalue weighted by Gasteiger charge is -2.10. The number of carbonyl (C=O) groups is 1. The van der Waals surface area contributed by atoms with Gasteiger partial charge in [0.2, 0.25) is 5.91 Å². The Morgan fingerprint density at radius 1 is 1.07 bits per heavy atom. The second-order valence-corrected chi connectivity index (χ2v) is 8.04. The van der Waals surface area contributed by atoms with E-state index >= 15 is 0 Å². The van der Waals surface area contributed by atoms with Crippen molar-refractivity contribution in [1.29, 1.82) is 0 Å². The number of thiophene rings is 1. The number of fused-ring (bicyclic) bond motifs is 1. The Morgan fingerprint density at radius 2 is 1.86 bits per heavy atom. The topological polar surface area (TPSA) is 54.9 Å². The van der Waals surface area contributed by atoms with E-state index in [0.717, 1.165) is 44.0 Å². The second-order valence-electron chi connectivity index (χ2n) is 6.22. The van der Waals surface area contributed by atoms with Gasteiger partial charge >= 0.3 is 0 Å². The molecule has 0 unspecified atom stereocenters. The molecule has 140 valence electrons. The van der Waals surface area contributed by atoms with Gasteiger partial charge in [-0.25, -0.2) is 9.97 Å². The summed E-state index contributed by atoms with van der Waals surface area (Å²) in [6, 6.07) is 18.1. The first-order chi connectivity index (χ1) is 13.8. The van der Waals surface area contributed by atoms with Crippen LogP contribution in [0.3, 0.4) is 0 Å². The minimum Gasteiger partial charge on any atom is -0.325 e. The Hall–Kier alpha value is -2.70. The number of nitrogens with one attached hydrogen (secondary N) is 1. The van der Waals surface area contributed by atoms with Gasteiger partial charge in [0.1, 0.15) is 16.2 Å². The molecular weight excluding hydrogens is 386 g/mol. The molecule has 4 rings (SSSR count). The Labute approximate surface area is 172 Å². The normalized spacial score (nSPS) is 10.9. The summed E-state index contributed by atoms with van der Waals surface area (Å²) in [5.41, 5.74) is 4.26. The minimum absolute atomic E-state index is 0.0332. The van der Waals surface area contributed by atoms with Crippen LogP contribution in [0.4, 0.5) is 5.69 Å². The first-order valence-electron chi connectivity index (χ1n) is 9.04. The Morgan fingerprint density at radius 3 is 2.68 bits per heavy atom. The predicted octanol–water partition coefficient (Wildman–Crippen LogP) is 5.65. The van der Waals surface area contributed by atoms with Gasteiger partial charge in [0.15, 0.2) is 0 Å². The van der Waals surface area contributed by atoms with Crippen LogP contribution >= 0.6 is 23.1 Å². The third kappa shape index (κ3) is 3.93. The third-order valence-electron chi connectivity index (χ3n) is 4.43. The maximum absolute atomic E-state index is 12.5. The van der Waals surface area contributed by atoms with E-state index in [4.69, 9.17) is 0 Å². The monoisotopic (exact) mass is 405 g/mol. The van der Waals surface area contributed by atoms with Gasteiger partial charge in [0.05, 0.1) is 11.1 Å². The number of thioether (sulfide) groups is 1. The molecule has 2 aromatic carbocycles. The maximum atomic E-state index is 12.5. The van der Waals surface area contributed by atoms with Gasteiger partial charge in [-0.15, -0.1) is 11.3 Å². The summed E-state index contributed by atoms with van der Waals surface area (Å²) in [7, 11) is 0. The molecule has 6 heteroatoms. The number of amides is 1. The fourth-order valence-electron chi connectivity index (χ4n) is 3.06. The Balaban J connectivity index is 1.55. The average molecular weight is 406 g/mol. The highest BCUT2D eigenvalue weighted by Crippen LogP contribution is 2.37. The smallest absolute Gasteiger partial charge is 0.234 e. The summed E-state index contributed by atoms with van der Waals surface area (Å²) >= 11 is 3.05. The lowest BCUT2D eigenvalue weighted by atomic mass is 10.1. The molecule has 0 aliphatic carbocycles. The zero-order valence-electron chi connectivity index (χ0n) is 15.4. The van der Waals surface area contributed by atoms with Crippen LogP contribution in [0.25, 0.3) is 21.3 Å². The third-order valence-corrected chi connectivity index (χ3v) is 6.31. The number of hydrogen-bond acceptors (Lipinski definition) is 5. The molecule has 28 heavy (non-hydrogen) atoms. The number of aryl methyl sites for hydroxylation is 1. The predicted molar refractivity (Wildman–Crippen MR) is 118 cm³/mol. The highest BCUT2D eigenvalue weighted by molar-refractivity contribution is 8.00. The zero-order chi connectivity index (χ0) is 19.3. The van der Waals surface area contributed by atoms with Crippen molar-refractivity contribution >= 4 is 44.9 Å². The Bertz CT molecular complexity index is 1110.